The number of rotatable bonds is 5. The van der Waals surface area contributed by atoms with Gasteiger partial charge in [-0.25, -0.2) is 4.79 Å². The summed E-state index contributed by atoms with van der Waals surface area (Å²) in [5.41, 5.74) is 0. The maximum atomic E-state index is 12.4. The lowest BCUT2D eigenvalue weighted by molar-refractivity contribution is -0.121. The van der Waals surface area contributed by atoms with Crippen LogP contribution in [0.1, 0.15) is 37.6 Å². The van der Waals surface area contributed by atoms with Crippen LogP contribution in [0.4, 0.5) is 9.93 Å². The van der Waals surface area contributed by atoms with Gasteiger partial charge in [0.25, 0.3) is 0 Å². The van der Waals surface area contributed by atoms with Crippen molar-refractivity contribution in [2.75, 3.05) is 32.5 Å². The number of nitrogens with zero attached hydrogens (tertiary/aromatic N) is 4. The highest BCUT2D eigenvalue weighted by atomic mass is 32.1. The summed E-state index contributed by atoms with van der Waals surface area (Å²) in [6.07, 6.45) is 4.73. The van der Waals surface area contributed by atoms with E-state index in [1.807, 2.05) is 0 Å². The molecule has 1 atom stereocenters. The molecule has 1 aliphatic heterocycles. The van der Waals surface area contributed by atoms with E-state index in [0.29, 0.717) is 18.2 Å². The summed E-state index contributed by atoms with van der Waals surface area (Å²) in [6.45, 7) is 3.30. The van der Waals surface area contributed by atoms with Crippen molar-refractivity contribution >= 4 is 28.4 Å². The fourth-order valence-electron chi connectivity index (χ4n) is 2.59. The van der Waals surface area contributed by atoms with Gasteiger partial charge >= 0.3 is 6.03 Å². The summed E-state index contributed by atoms with van der Waals surface area (Å²) in [7, 11) is 3.45. The normalized spacial score (nSPS) is 17.9. The SMILES string of the molecule is CCCCc1nnc(NC(=O)[C@@H]2CCCN(C(=O)N(C)C)C2)s1. The van der Waals surface area contributed by atoms with Crippen LogP contribution in [0.2, 0.25) is 0 Å². The van der Waals surface area contributed by atoms with Gasteiger partial charge in [-0.1, -0.05) is 24.7 Å². The highest BCUT2D eigenvalue weighted by Crippen LogP contribution is 2.22. The molecule has 3 amide bonds. The Balaban J connectivity index is 1.89. The standard InChI is InChI=1S/C15H25N5O2S/c1-4-5-8-12-17-18-14(23-12)16-13(21)11-7-6-9-20(10-11)15(22)19(2)3/h11H,4-10H2,1-3H3,(H,16,18,21)/t11-/m1/s1. The molecule has 0 aliphatic carbocycles. The van der Waals surface area contributed by atoms with Crippen molar-refractivity contribution in [1.29, 1.82) is 0 Å². The number of hydrogen-bond acceptors (Lipinski definition) is 5. The molecule has 0 radical (unpaired) electrons. The number of carbonyl (C=O) groups is 2. The second-order valence-corrected chi connectivity index (χ2v) is 7.12. The van der Waals surface area contributed by atoms with Crippen LogP contribution in [0.3, 0.4) is 0 Å². The summed E-state index contributed by atoms with van der Waals surface area (Å²) in [5, 5.41) is 12.5. The first-order valence-corrected chi connectivity index (χ1v) is 8.92. The number of hydrogen-bond donors (Lipinski definition) is 1. The van der Waals surface area contributed by atoms with E-state index in [2.05, 4.69) is 22.4 Å². The molecule has 1 saturated heterocycles. The minimum atomic E-state index is -0.185. The predicted molar refractivity (Wildman–Crippen MR) is 90.5 cm³/mol. The number of unbranched alkanes of at least 4 members (excludes halogenated alkanes) is 1. The number of piperidine rings is 1. The number of aromatic nitrogens is 2. The zero-order valence-corrected chi connectivity index (χ0v) is 14.9. The first-order chi connectivity index (χ1) is 11.0. The molecule has 0 unspecified atom stereocenters. The molecule has 0 aromatic carbocycles. The van der Waals surface area contributed by atoms with E-state index in [1.165, 1.54) is 11.3 Å². The van der Waals surface area contributed by atoms with Gasteiger partial charge in [0.1, 0.15) is 5.01 Å². The topological polar surface area (TPSA) is 78.4 Å². The Bertz CT molecular complexity index is 546. The van der Waals surface area contributed by atoms with E-state index in [-0.39, 0.29) is 17.9 Å². The van der Waals surface area contributed by atoms with Gasteiger partial charge in [-0.3, -0.25) is 4.79 Å². The number of carbonyl (C=O) groups excluding carboxylic acids is 2. The van der Waals surface area contributed by atoms with Gasteiger partial charge in [0.15, 0.2) is 0 Å². The highest BCUT2D eigenvalue weighted by molar-refractivity contribution is 7.15. The molecule has 8 heteroatoms. The zero-order valence-electron chi connectivity index (χ0n) is 14.0. The quantitative estimate of drug-likeness (QED) is 0.892. The lowest BCUT2D eigenvalue weighted by Gasteiger charge is -2.33. The van der Waals surface area contributed by atoms with Crippen LogP contribution in [0, 0.1) is 5.92 Å². The van der Waals surface area contributed by atoms with Gasteiger partial charge in [-0.15, -0.1) is 10.2 Å². The minimum Gasteiger partial charge on any atom is -0.331 e. The van der Waals surface area contributed by atoms with Crippen molar-refractivity contribution in [1.82, 2.24) is 20.0 Å². The molecule has 7 nitrogen and oxygen atoms in total. The van der Waals surface area contributed by atoms with Crippen molar-refractivity contribution in [2.45, 2.75) is 39.0 Å². The molecule has 2 rings (SSSR count). The van der Waals surface area contributed by atoms with Crippen LogP contribution in [0.15, 0.2) is 0 Å². The van der Waals surface area contributed by atoms with Gasteiger partial charge in [0.2, 0.25) is 11.0 Å². The number of nitrogens with one attached hydrogen (secondary N) is 1. The smallest absolute Gasteiger partial charge is 0.319 e. The first-order valence-electron chi connectivity index (χ1n) is 8.10. The molecule has 1 aliphatic rings. The Labute approximate surface area is 141 Å². The minimum absolute atomic E-state index is 0.0414. The number of anilines is 1. The predicted octanol–water partition coefficient (Wildman–Crippen LogP) is 2.21. The molecule has 0 spiro atoms. The van der Waals surface area contributed by atoms with Crippen LogP contribution in [0.25, 0.3) is 0 Å². The zero-order chi connectivity index (χ0) is 16.8. The Morgan fingerprint density at radius 1 is 1.39 bits per heavy atom. The van der Waals surface area contributed by atoms with Crippen molar-refractivity contribution in [3.8, 4) is 0 Å². The summed E-state index contributed by atoms with van der Waals surface area (Å²) in [4.78, 5) is 27.7. The molecule has 128 valence electrons. The van der Waals surface area contributed by atoms with E-state index in [4.69, 9.17) is 0 Å². The van der Waals surface area contributed by atoms with Gasteiger partial charge in [-0.05, 0) is 19.3 Å². The molecular weight excluding hydrogens is 314 g/mol. The second kappa shape index (κ2) is 8.24. The van der Waals surface area contributed by atoms with Crippen LogP contribution in [-0.4, -0.2) is 59.1 Å². The number of likely N-dealkylation sites (tertiary alicyclic amines) is 1. The number of urea groups is 1. The van der Waals surface area contributed by atoms with Gasteiger partial charge in [-0.2, -0.15) is 0 Å². The fourth-order valence-corrected chi connectivity index (χ4v) is 3.37. The molecule has 1 N–H and O–H groups in total. The van der Waals surface area contributed by atoms with Gasteiger partial charge in [0, 0.05) is 33.6 Å². The third-order valence-corrected chi connectivity index (χ3v) is 4.78. The van der Waals surface area contributed by atoms with Crippen molar-refractivity contribution in [2.24, 2.45) is 5.92 Å². The Kier molecular flexibility index (Phi) is 6.32. The van der Waals surface area contributed by atoms with Crippen LogP contribution in [-0.2, 0) is 11.2 Å². The Hall–Kier alpha value is -1.70. The summed E-state index contributed by atoms with van der Waals surface area (Å²) in [5.74, 6) is -0.255. The Morgan fingerprint density at radius 3 is 2.87 bits per heavy atom. The van der Waals surface area contributed by atoms with E-state index >= 15 is 0 Å². The summed E-state index contributed by atoms with van der Waals surface area (Å²) in [6, 6.07) is -0.0414. The molecule has 0 saturated carbocycles. The largest absolute Gasteiger partial charge is 0.331 e. The first kappa shape index (κ1) is 17.7. The van der Waals surface area contributed by atoms with Gasteiger partial charge in [0.05, 0.1) is 5.92 Å². The molecule has 23 heavy (non-hydrogen) atoms. The summed E-state index contributed by atoms with van der Waals surface area (Å²) >= 11 is 1.43. The van der Waals surface area contributed by atoms with Crippen molar-refractivity contribution < 1.29 is 9.59 Å². The Morgan fingerprint density at radius 2 is 2.17 bits per heavy atom. The molecule has 1 aromatic rings. The lowest BCUT2D eigenvalue weighted by Crippen LogP contribution is -2.47. The molecule has 1 fully saturated rings. The number of aryl methyl sites for hydroxylation is 1. The molecule has 2 heterocycles. The molecule has 1 aromatic heterocycles. The van der Waals surface area contributed by atoms with Crippen molar-refractivity contribution in [3.05, 3.63) is 5.01 Å². The number of amides is 3. The van der Waals surface area contributed by atoms with Gasteiger partial charge < -0.3 is 15.1 Å². The maximum Gasteiger partial charge on any atom is 0.319 e. The van der Waals surface area contributed by atoms with Crippen LogP contribution < -0.4 is 5.32 Å². The second-order valence-electron chi connectivity index (χ2n) is 6.06. The van der Waals surface area contributed by atoms with E-state index in [1.54, 1.807) is 23.9 Å². The highest BCUT2D eigenvalue weighted by Gasteiger charge is 2.29. The maximum absolute atomic E-state index is 12.4. The van der Waals surface area contributed by atoms with Crippen LogP contribution in [0.5, 0.6) is 0 Å². The van der Waals surface area contributed by atoms with E-state index in [9.17, 15) is 9.59 Å². The molecular formula is C15H25N5O2S. The van der Waals surface area contributed by atoms with Crippen LogP contribution >= 0.6 is 11.3 Å². The van der Waals surface area contributed by atoms with E-state index < -0.39 is 0 Å². The monoisotopic (exact) mass is 339 g/mol. The van der Waals surface area contributed by atoms with E-state index in [0.717, 1.165) is 37.1 Å². The average molecular weight is 339 g/mol. The average Bonchev–Trinajstić information content (AvgIpc) is 2.99. The third-order valence-electron chi connectivity index (χ3n) is 3.89. The summed E-state index contributed by atoms with van der Waals surface area (Å²) < 4.78 is 0. The third kappa shape index (κ3) is 4.89. The lowest BCUT2D eigenvalue weighted by atomic mass is 9.97. The molecule has 0 bridgehead atoms. The fraction of sp³-hybridized carbons (Fsp3) is 0.733. The van der Waals surface area contributed by atoms with Crippen molar-refractivity contribution in [3.63, 3.8) is 0 Å².